The molecule has 0 saturated carbocycles. The standard InChI is InChI=1S/C28H30F2N6O2/c1-16(37)13-34-25-20-6-3-4-7-21(20)26(17(2)24(25)30)38-27-22(8-5-10-32-27)23-9-11-33-28(36-23)35-19-12-18(29)14-31-15-19/h3-11,16,18-19,31,34,37H,12-15H2,1-2H3,(H,33,35,36)/t16?,18-,19-/m0/s1. The number of benzene rings is 2. The summed E-state index contributed by atoms with van der Waals surface area (Å²) in [4.78, 5) is 13.3. The minimum atomic E-state index is -0.921. The number of anilines is 2. The molecule has 1 fully saturated rings. The largest absolute Gasteiger partial charge is 0.437 e. The highest BCUT2D eigenvalue weighted by Gasteiger charge is 2.23. The van der Waals surface area contributed by atoms with Crippen molar-refractivity contribution in [3.63, 3.8) is 0 Å². The molecule has 0 radical (unpaired) electrons. The number of aliphatic hydroxyl groups excluding tert-OH is 1. The molecule has 1 aliphatic heterocycles. The summed E-state index contributed by atoms with van der Waals surface area (Å²) in [5.74, 6) is 0.519. The zero-order valence-electron chi connectivity index (χ0n) is 21.2. The zero-order valence-corrected chi connectivity index (χ0v) is 21.2. The Morgan fingerprint density at radius 3 is 2.71 bits per heavy atom. The van der Waals surface area contributed by atoms with Crippen molar-refractivity contribution in [2.75, 3.05) is 30.3 Å². The van der Waals surface area contributed by atoms with E-state index in [1.807, 2.05) is 24.3 Å². The number of pyridine rings is 1. The number of nitrogens with zero attached hydrogens (tertiary/aromatic N) is 3. The number of alkyl halides is 1. The molecule has 0 amide bonds. The van der Waals surface area contributed by atoms with Gasteiger partial charge in [0.1, 0.15) is 11.9 Å². The highest BCUT2D eigenvalue weighted by molar-refractivity contribution is 5.99. The van der Waals surface area contributed by atoms with Gasteiger partial charge in [-0.25, -0.2) is 23.7 Å². The number of aromatic nitrogens is 3. The summed E-state index contributed by atoms with van der Waals surface area (Å²) in [5.41, 5.74) is 1.78. The Labute approximate surface area is 219 Å². The molecule has 1 aliphatic rings. The fraction of sp³-hybridized carbons (Fsp3) is 0.321. The third kappa shape index (κ3) is 5.51. The molecule has 0 bridgehead atoms. The number of ether oxygens (including phenoxy) is 1. The SMILES string of the molecule is Cc1c(F)c(NCC(C)O)c2ccccc2c1Oc1ncccc1-c1ccnc(N[C@@H]2CNC[C@@H](F)C2)n1. The second-order valence-corrected chi connectivity index (χ2v) is 9.47. The third-order valence-electron chi connectivity index (χ3n) is 6.44. The van der Waals surface area contributed by atoms with Gasteiger partial charge in [-0.15, -0.1) is 0 Å². The summed E-state index contributed by atoms with van der Waals surface area (Å²) < 4.78 is 35.7. The predicted octanol–water partition coefficient (Wildman–Crippen LogP) is 4.84. The number of hydrogen-bond donors (Lipinski definition) is 4. The third-order valence-corrected chi connectivity index (χ3v) is 6.44. The molecule has 2 aromatic carbocycles. The van der Waals surface area contributed by atoms with Gasteiger partial charge in [0.15, 0.2) is 5.82 Å². The summed E-state index contributed by atoms with van der Waals surface area (Å²) in [6.45, 7) is 4.46. The van der Waals surface area contributed by atoms with E-state index in [9.17, 15) is 9.50 Å². The van der Waals surface area contributed by atoms with E-state index in [1.54, 1.807) is 44.4 Å². The van der Waals surface area contributed by atoms with E-state index in [2.05, 4.69) is 30.9 Å². The minimum absolute atomic E-state index is 0.128. The van der Waals surface area contributed by atoms with E-state index in [1.165, 1.54) is 0 Å². The van der Waals surface area contributed by atoms with Crippen LogP contribution in [-0.2, 0) is 0 Å². The molecule has 4 aromatic rings. The first-order chi connectivity index (χ1) is 18.4. The van der Waals surface area contributed by atoms with Gasteiger partial charge in [0.2, 0.25) is 11.8 Å². The molecule has 0 spiro atoms. The van der Waals surface area contributed by atoms with Gasteiger partial charge in [-0.3, -0.25) is 0 Å². The van der Waals surface area contributed by atoms with Crippen LogP contribution in [-0.4, -0.2) is 58.0 Å². The fourth-order valence-corrected chi connectivity index (χ4v) is 4.58. The van der Waals surface area contributed by atoms with Crippen molar-refractivity contribution in [1.29, 1.82) is 0 Å². The Balaban J connectivity index is 1.49. The van der Waals surface area contributed by atoms with Gasteiger partial charge < -0.3 is 25.8 Å². The molecule has 8 nitrogen and oxygen atoms in total. The molecule has 4 N–H and O–H groups in total. The van der Waals surface area contributed by atoms with Crippen LogP contribution in [0.1, 0.15) is 18.9 Å². The molecule has 3 atom stereocenters. The molecule has 1 saturated heterocycles. The van der Waals surface area contributed by atoms with Gasteiger partial charge in [0, 0.05) is 60.8 Å². The summed E-state index contributed by atoms with van der Waals surface area (Å²) in [6.07, 6.45) is 2.03. The first-order valence-corrected chi connectivity index (χ1v) is 12.6. The summed E-state index contributed by atoms with van der Waals surface area (Å²) in [5, 5.41) is 20.3. The van der Waals surface area contributed by atoms with E-state index in [0.29, 0.717) is 64.5 Å². The van der Waals surface area contributed by atoms with Gasteiger partial charge in [-0.1, -0.05) is 24.3 Å². The van der Waals surface area contributed by atoms with Crippen molar-refractivity contribution in [3.8, 4) is 22.9 Å². The highest BCUT2D eigenvalue weighted by Crippen LogP contribution is 2.41. The number of nitrogens with one attached hydrogen (secondary N) is 3. The summed E-state index contributed by atoms with van der Waals surface area (Å²) >= 11 is 0. The van der Waals surface area contributed by atoms with Crippen LogP contribution in [0.25, 0.3) is 22.0 Å². The van der Waals surface area contributed by atoms with Crippen molar-refractivity contribution in [1.82, 2.24) is 20.3 Å². The zero-order chi connectivity index (χ0) is 26.6. The van der Waals surface area contributed by atoms with Gasteiger partial charge >= 0.3 is 0 Å². The summed E-state index contributed by atoms with van der Waals surface area (Å²) in [6, 6.07) is 12.5. The number of fused-ring (bicyclic) bond motifs is 1. The van der Waals surface area contributed by atoms with E-state index in [4.69, 9.17) is 4.74 Å². The Bertz CT molecular complexity index is 1430. The Hall–Kier alpha value is -3.89. The van der Waals surface area contributed by atoms with Crippen LogP contribution in [0, 0.1) is 12.7 Å². The first kappa shape index (κ1) is 25.7. The quantitative estimate of drug-likeness (QED) is 0.262. The Morgan fingerprint density at radius 2 is 1.92 bits per heavy atom. The lowest BCUT2D eigenvalue weighted by Gasteiger charge is -2.26. The molecule has 38 heavy (non-hydrogen) atoms. The van der Waals surface area contributed by atoms with Gasteiger partial charge in [0.25, 0.3) is 0 Å². The molecule has 2 aromatic heterocycles. The maximum atomic E-state index is 15.6. The number of rotatable bonds is 8. The molecule has 198 valence electrons. The number of hydrogen-bond acceptors (Lipinski definition) is 8. The maximum absolute atomic E-state index is 15.6. The molecule has 5 rings (SSSR count). The van der Waals surface area contributed by atoms with Crippen LogP contribution < -0.4 is 20.7 Å². The van der Waals surface area contributed by atoms with E-state index in [-0.39, 0.29) is 18.5 Å². The molecule has 0 aliphatic carbocycles. The predicted molar refractivity (Wildman–Crippen MR) is 144 cm³/mol. The monoisotopic (exact) mass is 520 g/mol. The lowest BCUT2D eigenvalue weighted by Crippen LogP contribution is -2.44. The highest BCUT2D eigenvalue weighted by atomic mass is 19.1. The van der Waals surface area contributed by atoms with Crippen LogP contribution in [0.2, 0.25) is 0 Å². The van der Waals surface area contributed by atoms with E-state index < -0.39 is 18.1 Å². The van der Waals surface area contributed by atoms with Crippen LogP contribution in [0.3, 0.4) is 0 Å². The molecular formula is C28H30F2N6O2. The minimum Gasteiger partial charge on any atom is -0.437 e. The van der Waals surface area contributed by atoms with Gasteiger partial charge in [-0.05, 0) is 32.0 Å². The van der Waals surface area contributed by atoms with Crippen LogP contribution in [0.5, 0.6) is 11.6 Å². The van der Waals surface area contributed by atoms with E-state index >= 15 is 4.39 Å². The lowest BCUT2D eigenvalue weighted by molar-refractivity contribution is 0.208. The van der Waals surface area contributed by atoms with Crippen molar-refractivity contribution >= 4 is 22.4 Å². The molecule has 3 heterocycles. The second kappa shape index (κ2) is 11.2. The number of piperidine rings is 1. The number of aliphatic hydroxyl groups is 1. The molecule has 1 unspecified atom stereocenters. The first-order valence-electron chi connectivity index (χ1n) is 12.6. The topological polar surface area (TPSA) is 104 Å². The van der Waals surface area contributed by atoms with Crippen LogP contribution >= 0.6 is 0 Å². The van der Waals surface area contributed by atoms with Crippen LogP contribution in [0.4, 0.5) is 20.4 Å². The van der Waals surface area contributed by atoms with Crippen molar-refractivity contribution in [3.05, 3.63) is 66.2 Å². The van der Waals surface area contributed by atoms with Gasteiger partial charge in [-0.2, -0.15) is 0 Å². The van der Waals surface area contributed by atoms with E-state index in [0.717, 1.165) is 0 Å². The Morgan fingerprint density at radius 1 is 1.11 bits per heavy atom. The van der Waals surface area contributed by atoms with Crippen molar-refractivity contribution in [2.24, 2.45) is 0 Å². The normalized spacial score (nSPS) is 18.2. The van der Waals surface area contributed by atoms with Crippen molar-refractivity contribution < 1.29 is 18.6 Å². The van der Waals surface area contributed by atoms with Crippen LogP contribution in [0.15, 0.2) is 54.9 Å². The second-order valence-electron chi connectivity index (χ2n) is 9.47. The smallest absolute Gasteiger partial charge is 0.228 e. The maximum Gasteiger partial charge on any atom is 0.228 e. The Kier molecular flexibility index (Phi) is 7.62. The average Bonchev–Trinajstić information content (AvgIpc) is 2.91. The average molecular weight is 521 g/mol. The molecule has 10 heteroatoms. The van der Waals surface area contributed by atoms with Crippen molar-refractivity contribution in [2.45, 2.75) is 38.6 Å². The fourth-order valence-electron chi connectivity index (χ4n) is 4.58. The lowest BCUT2D eigenvalue weighted by atomic mass is 10.0. The number of halogens is 2. The summed E-state index contributed by atoms with van der Waals surface area (Å²) in [7, 11) is 0. The molecular weight excluding hydrogens is 490 g/mol. The van der Waals surface area contributed by atoms with Gasteiger partial charge in [0.05, 0.1) is 23.0 Å².